The molecule has 0 N–H and O–H groups in total. The van der Waals surface area contributed by atoms with Crippen LogP contribution in [-0.4, -0.2) is 92.4 Å². The van der Waals surface area contributed by atoms with Gasteiger partial charge in [-0.1, -0.05) is 19.3 Å². The Kier molecular flexibility index (Phi) is 5.82. The maximum absolute atomic E-state index is 12.6. The van der Waals surface area contributed by atoms with Crippen molar-refractivity contribution in [3.05, 3.63) is 0 Å². The van der Waals surface area contributed by atoms with Crippen LogP contribution in [0.15, 0.2) is 0 Å². The van der Waals surface area contributed by atoms with Gasteiger partial charge in [-0.3, -0.25) is 14.6 Å². The smallest absolute Gasteiger partial charge is 0.236 e. The Balaban J connectivity index is 1.43. The molecule has 3 fully saturated rings. The number of hydrogen-bond acceptors (Lipinski definition) is 5. The predicted octanol–water partition coefficient (Wildman–Crippen LogP) is 0.582. The van der Waals surface area contributed by atoms with Gasteiger partial charge >= 0.3 is 0 Å². The van der Waals surface area contributed by atoms with Crippen LogP contribution in [0.3, 0.4) is 0 Å². The Hall–Kier alpha value is -0.660. The first-order valence-corrected chi connectivity index (χ1v) is 11.2. The molecule has 1 aliphatic carbocycles. The monoisotopic (exact) mass is 357 g/mol. The van der Waals surface area contributed by atoms with Crippen LogP contribution in [0.5, 0.6) is 0 Å². The van der Waals surface area contributed by atoms with Crippen LogP contribution in [-0.2, 0) is 14.6 Å². The van der Waals surface area contributed by atoms with E-state index in [0.29, 0.717) is 24.1 Å². The van der Waals surface area contributed by atoms with Gasteiger partial charge in [0, 0.05) is 38.3 Å². The molecule has 2 heterocycles. The average molecular weight is 358 g/mol. The molecule has 0 radical (unpaired) electrons. The zero-order chi connectivity index (χ0) is 17.2. The molecule has 1 amide bonds. The number of carbonyl (C=O) groups excluding carboxylic acids is 1. The predicted molar refractivity (Wildman–Crippen MR) is 94.7 cm³/mol. The highest BCUT2D eigenvalue weighted by Gasteiger charge is 2.34. The van der Waals surface area contributed by atoms with Gasteiger partial charge in [0.1, 0.15) is 0 Å². The Morgan fingerprint density at radius 1 is 1.04 bits per heavy atom. The summed E-state index contributed by atoms with van der Waals surface area (Å²) in [4.78, 5) is 19.0. The Bertz CT molecular complexity index is 537. The quantitative estimate of drug-likeness (QED) is 0.737. The molecular weight excluding hydrogens is 326 g/mol. The molecular formula is C17H31N3O3S. The van der Waals surface area contributed by atoms with E-state index >= 15 is 0 Å². The summed E-state index contributed by atoms with van der Waals surface area (Å²) in [6, 6.07) is 0.727. The van der Waals surface area contributed by atoms with Crippen molar-refractivity contribution in [1.29, 1.82) is 0 Å². The fourth-order valence-electron chi connectivity index (χ4n) is 4.36. The second-order valence-corrected chi connectivity index (χ2v) is 9.91. The van der Waals surface area contributed by atoms with Crippen LogP contribution in [0, 0.1) is 0 Å². The van der Waals surface area contributed by atoms with Crippen molar-refractivity contribution in [3.63, 3.8) is 0 Å². The highest BCUT2D eigenvalue weighted by Crippen LogP contribution is 2.22. The van der Waals surface area contributed by atoms with Gasteiger partial charge < -0.3 is 4.90 Å². The number of hydrogen-bond donors (Lipinski definition) is 0. The summed E-state index contributed by atoms with van der Waals surface area (Å²) in [6.07, 6.45) is 7.08. The largest absolute Gasteiger partial charge is 0.339 e. The molecule has 3 aliphatic rings. The topological polar surface area (TPSA) is 60.9 Å². The number of rotatable bonds is 4. The molecule has 0 bridgehead atoms. The maximum Gasteiger partial charge on any atom is 0.236 e. The van der Waals surface area contributed by atoms with Crippen molar-refractivity contribution in [2.45, 2.75) is 50.6 Å². The van der Waals surface area contributed by atoms with Crippen molar-refractivity contribution in [3.8, 4) is 0 Å². The number of amides is 1. The van der Waals surface area contributed by atoms with E-state index in [1.807, 2.05) is 4.90 Å². The van der Waals surface area contributed by atoms with Gasteiger partial charge in [0.15, 0.2) is 9.84 Å². The van der Waals surface area contributed by atoms with E-state index in [9.17, 15) is 13.2 Å². The van der Waals surface area contributed by atoms with Gasteiger partial charge in [-0.05, 0) is 26.3 Å². The van der Waals surface area contributed by atoms with E-state index in [1.165, 1.54) is 32.1 Å². The highest BCUT2D eigenvalue weighted by molar-refractivity contribution is 7.91. The molecule has 7 heteroatoms. The van der Waals surface area contributed by atoms with Crippen LogP contribution < -0.4 is 0 Å². The van der Waals surface area contributed by atoms with Gasteiger partial charge in [-0.25, -0.2) is 8.42 Å². The normalized spacial score (nSPS) is 29.2. The zero-order valence-electron chi connectivity index (χ0n) is 14.8. The molecule has 2 aliphatic heterocycles. The number of nitrogens with zero attached hydrogens (tertiary/aromatic N) is 3. The van der Waals surface area contributed by atoms with E-state index in [1.54, 1.807) is 0 Å². The average Bonchev–Trinajstić information content (AvgIpc) is 2.95. The van der Waals surface area contributed by atoms with E-state index in [4.69, 9.17) is 0 Å². The van der Waals surface area contributed by atoms with Crippen LogP contribution in [0.1, 0.15) is 38.5 Å². The summed E-state index contributed by atoms with van der Waals surface area (Å²) in [6.45, 7) is 3.59. The first-order valence-electron chi connectivity index (χ1n) is 9.37. The van der Waals surface area contributed by atoms with Crippen molar-refractivity contribution in [1.82, 2.24) is 14.7 Å². The number of sulfone groups is 1. The van der Waals surface area contributed by atoms with Crippen LogP contribution in [0.4, 0.5) is 0 Å². The third-order valence-corrected chi connectivity index (χ3v) is 7.72. The second-order valence-electron chi connectivity index (χ2n) is 7.68. The Morgan fingerprint density at radius 2 is 1.71 bits per heavy atom. The molecule has 2 saturated heterocycles. The lowest BCUT2D eigenvalue weighted by atomic mass is 9.94. The van der Waals surface area contributed by atoms with E-state index < -0.39 is 9.84 Å². The third-order valence-electron chi connectivity index (χ3n) is 5.97. The van der Waals surface area contributed by atoms with Crippen molar-refractivity contribution in [2.75, 3.05) is 51.3 Å². The van der Waals surface area contributed by atoms with Gasteiger partial charge in [0.05, 0.1) is 18.1 Å². The summed E-state index contributed by atoms with van der Waals surface area (Å²) in [5.74, 6) is 0.843. The number of likely N-dealkylation sites (N-methyl/N-ethyl adjacent to an activating group) is 1. The minimum atomic E-state index is -2.83. The molecule has 24 heavy (non-hydrogen) atoms. The minimum absolute atomic E-state index is 0.164. The Labute approximate surface area is 146 Å². The summed E-state index contributed by atoms with van der Waals surface area (Å²) >= 11 is 0. The molecule has 1 saturated carbocycles. The lowest BCUT2D eigenvalue weighted by molar-refractivity contribution is -0.134. The standard InChI is InChI=1S/C17H31N3O3S/c1-18(15-5-3-2-4-6-15)13-17(21)20-10-8-19(9-11-20)16-7-12-24(22,23)14-16/h15-16H,2-14H2,1H3. The molecule has 3 rings (SSSR count). The number of carbonyl (C=O) groups is 1. The van der Waals surface area contributed by atoms with Gasteiger partial charge in [-0.15, -0.1) is 0 Å². The maximum atomic E-state index is 12.6. The lowest BCUT2D eigenvalue weighted by Crippen LogP contribution is -2.54. The molecule has 6 nitrogen and oxygen atoms in total. The van der Waals surface area contributed by atoms with Gasteiger partial charge in [0.2, 0.25) is 5.91 Å². The lowest BCUT2D eigenvalue weighted by Gasteiger charge is -2.39. The fourth-order valence-corrected chi connectivity index (χ4v) is 6.13. The molecule has 0 aromatic heterocycles. The van der Waals surface area contributed by atoms with Crippen LogP contribution >= 0.6 is 0 Å². The first-order chi connectivity index (χ1) is 11.4. The summed E-state index contributed by atoms with van der Waals surface area (Å²) in [5.41, 5.74) is 0. The van der Waals surface area contributed by atoms with Gasteiger partial charge in [0.25, 0.3) is 0 Å². The van der Waals surface area contributed by atoms with Crippen molar-refractivity contribution in [2.24, 2.45) is 0 Å². The molecule has 0 spiro atoms. The van der Waals surface area contributed by atoms with E-state index in [2.05, 4.69) is 16.8 Å². The molecule has 0 aromatic carbocycles. The molecule has 1 unspecified atom stereocenters. The van der Waals surface area contributed by atoms with Crippen molar-refractivity contribution >= 4 is 15.7 Å². The molecule has 1 atom stereocenters. The zero-order valence-corrected chi connectivity index (χ0v) is 15.6. The minimum Gasteiger partial charge on any atom is -0.339 e. The highest BCUT2D eigenvalue weighted by atomic mass is 32.2. The summed E-state index contributed by atoms with van der Waals surface area (Å²) < 4.78 is 23.3. The number of piperazine rings is 1. The van der Waals surface area contributed by atoms with Crippen LogP contribution in [0.25, 0.3) is 0 Å². The van der Waals surface area contributed by atoms with E-state index in [0.717, 1.165) is 32.6 Å². The van der Waals surface area contributed by atoms with Crippen LogP contribution in [0.2, 0.25) is 0 Å². The van der Waals surface area contributed by atoms with Gasteiger partial charge in [-0.2, -0.15) is 0 Å². The van der Waals surface area contributed by atoms with E-state index in [-0.39, 0.29) is 11.9 Å². The Morgan fingerprint density at radius 3 is 2.29 bits per heavy atom. The molecule has 138 valence electrons. The SMILES string of the molecule is CN(CC(=O)N1CCN(C2CCS(=O)(=O)C2)CC1)C1CCCCC1. The molecule has 0 aromatic rings. The van der Waals surface area contributed by atoms with Crippen molar-refractivity contribution < 1.29 is 13.2 Å². The third kappa shape index (κ3) is 4.49. The fraction of sp³-hybridized carbons (Fsp3) is 0.941. The second kappa shape index (κ2) is 7.70. The summed E-state index contributed by atoms with van der Waals surface area (Å²) in [5, 5.41) is 0. The first kappa shape index (κ1) is 18.1. The summed E-state index contributed by atoms with van der Waals surface area (Å²) in [7, 11) is -0.755.